The standard InChI is InChI=1S/C19H22N2O2/c1-4-5-18(22)20-16-8-6-15(7-9-16)19(23)21-17-11-13(2)10-14(3)12-17/h6-12H,4-5H2,1-3H3,(H,20,22)(H,21,23). The van der Waals surface area contributed by atoms with Crippen molar-refractivity contribution in [1.29, 1.82) is 0 Å². The summed E-state index contributed by atoms with van der Waals surface area (Å²) in [6, 6.07) is 12.8. The Kier molecular flexibility index (Phi) is 5.52. The van der Waals surface area contributed by atoms with Crippen molar-refractivity contribution < 1.29 is 9.59 Å². The number of rotatable bonds is 5. The van der Waals surface area contributed by atoms with Crippen LogP contribution in [0.15, 0.2) is 42.5 Å². The number of amides is 2. The molecule has 0 bridgehead atoms. The molecule has 0 saturated heterocycles. The maximum Gasteiger partial charge on any atom is 0.255 e. The van der Waals surface area contributed by atoms with E-state index in [0.29, 0.717) is 17.7 Å². The third kappa shape index (κ3) is 4.95. The highest BCUT2D eigenvalue weighted by molar-refractivity contribution is 6.04. The van der Waals surface area contributed by atoms with Crippen LogP contribution in [-0.4, -0.2) is 11.8 Å². The highest BCUT2D eigenvalue weighted by Crippen LogP contribution is 2.16. The summed E-state index contributed by atoms with van der Waals surface area (Å²) in [5.74, 6) is -0.179. The van der Waals surface area contributed by atoms with Gasteiger partial charge < -0.3 is 10.6 Å². The summed E-state index contributed by atoms with van der Waals surface area (Å²) < 4.78 is 0. The Morgan fingerprint density at radius 2 is 1.48 bits per heavy atom. The number of hydrogen-bond acceptors (Lipinski definition) is 2. The van der Waals surface area contributed by atoms with Crippen LogP contribution in [-0.2, 0) is 4.79 Å². The minimum atomic E-state index is -0.165. The number of nitrogens with one attached hydrogen (secondary N) is 2. The lowest BCUT2D eigenvalue weighted by Crippen LogP contribution is -2.13. The topological polar surface area (TPSA) is 58.2 Å². The zero-order valence-electron chi connectivity index (χ0n) is 13.8. The molecule has 120 valence electrons. The molecule has 0 aliphatic carbocycles. The normalized spacial score (nSPS) is 10.2. The van der Waals surface area contributed by atoms with E-state index >= 15 is 0 Å². The monoisotopic (exact) mass is 310 g/mol. The summed E-state index contributed by atoms with van der Waals surface area (Å²) in [7, 11) is 0. The van der Waals surface area contributed by atoms with Gasteiger partial charge in [0.05, 0.1) is 0 Å². The van der Waals surface area contributed by atoms with Crippen LogP contribution in [0.25, 0.3) is 0 Å². The second-order valence-electron chi connectivity index (χ2n) is 5.71. The molecule has 0 spiro atoms. The van der Waals surface area contributed by atoms with Crippen LogP contribution in [0.5, 0.6) is 0 Å². The van der Waals surface area contributed by atoms with E-state index in [1.807, 2.05) is 32.9 Å². The van der Waals surface area contributed by atoms with Gasteiger partial charge in [-0.1, -0.05) is 13.0 Å². The SMILES string of the molecule is CCCC(=O)Nc1ccc(C(=O)Nc2cc(C)cc(C)c2)cc1. The molecule has 0 heterocycles. The van der Waals surface area contributed by atoms with Gasteiger partial charge in [0.1, 0.15) is 0 Å². The quantitative estimate of drug-likeness (QED) is 0.865. The van der Waals surface area contributed by atoms with E-state index in [2.05, 4.69) is 16.7 Å². The van der Waals surface area contributed by atoms with Gasteiger partial charge in [-0.25, -0.2) is 0 Å². The van der Waals surface area contributed by atoms with E-state index in [0.717, 1.165) is 23.2 Å². The maximum atomic E-state index is 12.3. The Morgan fingerprint density at radius 1 is 0.870 bits per heavy atom. The second-order valence-corrected chi connectivity index (χ2v) is 5.71. The number of benzene rings is 2. The highest BCUT2D eigenvalue weighted by Gasteiger charge is 2.07. The Hall–Kier alpha value is -2.62. The molecule has 0 radical (unpaired) electrons. The predicted molar refractivity (Wildman–Crippen MR) is 93.8 cm³/mol. The first-order valence-electron chi connectivity index (χ1n) is 7.77. The summed E-state index contributed by atoms with van der Waals surface area (Å²) in [6.07, 6.45) is 1.30. The molecule has 4 heteroatoms. The Morgan fingerprint density at radius 3 is 2.04 bits per heavy atom. The number of anilines is 2. The highest BCUT2D eigenvalue weighted by atomic mass is 16.2. The van der Waals surface area contributed by atoms with Crippen molar-refractivity contribution in [3.8, 4) is 0 Å². The molecule has 0 aliphatic heterocycles. The summed E-state index contributed by atoms with van der Waals surface area (Å²) >= 11 is 0. The fraction of sp³-hybridized carbons (Fsp3) is 0.263. The summed E-state index contributed by atoms with van der Waals surface area (Å²) in [4.78, 5) is 23.8. The molecule has 0 aromatic heterocycles. The molecule has 0 atom stereocenters. The van der Waals surface area contributed by atoms with Crippen LogP contribution >= 0.6 is 0 Å². The number of carbonyl (C=O) groups is 2. The number of carbonyl (C=O) groups excluding carboxylic acids is 2. The zero-order chi connectivity index (χ0) is 16.8. The van der Waals surface area contributed by atoms with Crippen LogP contribution in [0.1, 0.15) is 41.3 Å². The molecule has 0 unspecified atom stereocenters. The average molecular weight is 310 g/mol. The first-order valence-corrected chi connectivity index (χ1v) is 7.77. The summed E-state index contributed by atoms with van der Waals surface area (Å²) in [5, 5.41) is 5.70. The van der Waals surface area contributed by atoms with Crippen molar-refractivity contribution >= 4 is 23.2 Å². The van der Waals surface area contributed by atoms with Crippen LogP contribution in [0.3, 0.4) is 0 Å². The van der Waals surface area contributed by atoms with Gasteiger partial charge in [0.2, 0.25) is 5.91 Å². The van der Waals surface area contributed by atoms with Crippen LogP contribution in [0, 0.1) is 13.8 Å². The van der Waals surface area contributed by atoms with E-state index in [1.54, 1.807) is 24.3 Å². The third-order valence-electron chi connectivity index (χ3n) is 3.39. The van der Waals surface area contributed by atoms with Gasteiger partial charge in [0.25, 0.3) is 5.91 Å². The Bertz CT molecular complexity index is 686. The molecule has 4 nitrogen and oxygen atoms in total. The lowest BCUT2D eigenvalue weighted by Gasteiger charge is -2.09. The number of aryl methyl sites for hydroxylation is 2. The van der Waals surface area contributed by atoms with Gasteiger partial charge >= 0.3 is 0 Å². The van der Waals surface area contributed by atoms with E-state index in [4.69, 9.17) is 0 Å². The fourth-order valence-electron chi connectivity index (χ4n) is 2.41. The Balaban J connectivity index is 2.03. The molecule has 2 amide bonds. The van der Waals surface area contributed by atoms with Crippen molar-refractivity contribution in [2.75, 3.05) is 10.6 Å². The Labute approximate surface area is 136 Å². The van der Waals surface area contributed by atoms with E-state index < -0.39 is 0 Å². The lowest BCUT2D eigenvalue weighted by atomic mass is 10.1. The fourth-order valence-corrected chi connectivity index (χ4v) is 2.41. The molecular formula is C19H22N2O2. The van der Waals surface area contributed by atoms with Gasteiger partial charge in [-0.3, -0.25) is 9.59 Å². The van der Waals surface area contributed by atoms with Crippen LogP contribution in [0.4, 0.5) is 11.4 Å². The van der Waals surface area contributed by atoms with Gasteiger partial charge in [-0.05, 0) is 67.8 Å². The van der Waals surface area contributed by atoms with E-state index in [-0.39, 0.29) is 11.8 Å². The molecule has 23 heavy (non-hydrogen) atoms. The molecule has 0 fully saturated rings. The maximum absolute atomic E-state index is 12.3. The summed E-state index contributed by atoms with van der Waals surface area (Å²) in [5.41, 5.74) is 4.25. The zero-order valence-corrected chi connectivity index (χ0v) is 13.8. The minimum absolute atomic E-state index is 0.0139. The molecule has 2 rings (SSSR count). The summed E-state index contributed by atoms with van der Waals surface area (Å²) in [6.45, 7) is 5.95. The molecular weight excluding hydrogens is 288 g/mol. The van der Waals surface area contributed by atoms with Gasteiger partial charge in [-0.2, -0.15) is 0 Å². The molecule has 2 aromatic rings. The lowest BCUT2D eigenvalue weighted by molar-refractivity contribution is -0.116. The van der Waals surface area contributed by atoms with Crippen molar-refractivity contribution in [2.45, 2.75) is 33.6 Å². The van der Waals surface area contributed by atoms with E-state index in [1.165, 1.54) is 0 Å². The second kappa shape index (κ2) is 7.58. The van der Waals surface area contributed by atoms with Crippen molar-refractivity contribution in [3.63, 3.8) is 0 Å². The van der Waals surface area contributed by atoms with Gasteiger partial charge in [0, 0.05) is 23.4 Å². The first kappa shape index (κ1) is 16.7. The number of hydrogen-bond donors (Lipinski definition) is 2. The largest absolute Gasteiger partial charge is 0.326 e. The van der Waals surface area contributed by atoms with E-state index in [9.17, 15) is 9.59 Å². The van der Waals surface area contributed by atoms with Gasteiger partial charge in [-0.15, -0.1) is 0 Å². The molecule has 2 N–H and O–H groups in total. The van der Waals surface area contributed by atoms with Crippen LogP contribution < -0.4 is 10.6 Å². The van der Waals surface area contributed by atoms with Crippen molar-refractivity contribution in [1.82, 2.24) is 0 Å². The minimum Gasteiger partial charge on any atom is -0.326 e. The predicted octanol–water partition coefficient (Wildman–Crippen LogP) is 4.29. The van der Waals surface area contributed by atoms with Crippen LogP contribution in [0.2, 0.25) is 0 Å². The van der Waals surface area contributed by atoms with Crippen molar-refractivity contribution in [3.05, 3.63) is 59.2 Å². The first-order chi connectivity index (χ1) is 11.0. The smallest absolute Gasteiger partial charge is 0.255 e. The molecule has 0 saturated carbocycles. The van der Waals surface area contributed by atoms with Gasteiger partial charge in [0.15, 0.2) is 0 Å². The molecule has 2 aromatic carbocycles. The third-order valence-corrected chi connectivity index (χ3v) is 3.39. The van der Waals surface area contributed by atoms with Crippen molar-refractivity contribution in [2.24, 2.45) is 0 Å². The molecule has 0 aliphatic rings. The average Bonchev–Trinajstić information content (AvgIpc) is 2.47.